The lowest BCUT2D eigenvalue weighted by atomic mass is 10.0. The van der Waals surface area contributed by atoms with Crippen molar-refractivity contribution in [1.82, 2.24) is 0 Å². The third-order valence-electron chi connectivity index (χ3n) is 2.37. The molecule has 6 heteroatoms. The van der Waals surface area contributed by atoms with Gasteiger partial charge in [-0.2, -0.15) is 0 Å². The standard InChI is InChI=1S/C10H8F3NO2/c1-5-7-4-6(16-10(11,12)13)2-3-8(7)14-9(5)15/h2-5H,1H3,(H,14,15). The lowest BCUT2D eigenvalue weighted by molar-refractivity contribution is -0.274. The van der Waals surface area contributed by atoms with Crippen molar-refractivity contribution < 1.29 is 22.7 Å². The van der Waals surface area contributed by atoms with Gasteiger partial charge in [0, 0.05) is 5.69 Å². The van der Waals surface area contributed by atoms with Gasteiger partial charge in [0.05, 0.1) is 5.92 Å². The number of rotatable bonds is 1. The summed E-state index contributed by atoms with van der Waals surface area (Å²) in [4.78, 5) is 11.3. The zero-order valence-corrected chi connectivity index (χ0v) is 8.26. The maximum Gasteiger partial charge on any atom is 0.573 e. The van der Waals surface area contributed by atoms with Crippen molar-refractivity contribution in [1.29, 1.82) is 0 Å². The van der Waals surface area contributed by atoms with Crippen LogP contribution in [0.15, 0.2) is 18.2 Å². The minimum atomic E-state index is -4.71. The Labute approximate surface area is 89.2 Å². The van der Waals surface area contributed by atoms with E-state index in [4.69, 9.17) is 0 Å². The van der Waals surface area contributed by atoms with E-state index in [-0.39, 0.29) is 11.7 Å². The first-order chi connectivity index (χ1) is 7.37. The molecule has 0 spiro atoms. The molecule has 1 aliphatic rings. The van der Waals surface area contributed by atoms with E-state index in [2.05, 4.69) is 10.1 Å². The average Bonchev–Trinajstić information content (AvgIpc) is 2.42. The molecule has 16 heavy (non-hydrogen) atoms. The molecule has 1 aromatic carbocycles. The highest BCUT2D eigenvalue weighted by Gasteiger charge is 2.33. The highest BCUT2D eigenvalue weighted by Crippen LogP contribution is 2.36. The fraction of sp³-hybridized carbons (Fsp3) is 0.300. The van der Waals surface area contributed by atoms with Gasteiger partial charge in [0.1, 0.15) is 5.75 Å². The van der Waals surface area contributed by atoms with Crippen LogP contribution in [0.4, 0.5) is 18.9 Å². The SMILES string of the molecule is CC1C(=O)Nc2ccc(OC(F)(F)F)cc21. The molecule has 86 valence electrons. The van der Waals surface area contributed by atoms with Crippen molar-refractivity contribution in [3.8, 4) is 5.75 Å². The van der Waals surface area contributed by atoms with Crippen LogP contribution in [0.3, 0.4) is 0 Å². The summed E-state index contributed by atoms with van der Waals surface area (Å²) >= 11 is 0. The molecule has 1 heterocycles. The summed E-state index contributed by atoms with van der Waals surface area (Å²) in [6, 6.07) is 3.80. The van der Waals surface area contributed by atoms with Crippen molar-refractivity contribution in [3.05, 3.63) is 23.8 Å². The van der Waals surface area contributed by atoms with Crippen molar-refractivity contribution in [2.24, 2.45) is 0 Å². The average molecular weight is 231 g/mol. The van der Waals surface area contributed by atoms with Gasteiger partial charge in [-0.25, -0.2) is 0 Å². The molecule has 3 nitrogen and oxygen atoms in total. The molecule has 1 aliphatic heterocycles. The summed E-state index contributed by atoms with van der Waals surface area (Å²) in [7, 11) is 0. The number of benzene rings is 1. The molecule has 2 rings (SSSR count). The molecule has 0 fully saturated rings. The minimum Gasteiger partial charge on any atom is -0.406 e. The number of anilines is 1. The third kappa shape index (κ3) is 1.95. The maximum atomic E-state index is 12.0. The van der Waals surface area contributed by atoms with Crippen molar-refractivity contribution in [3.63, 3.8) is 0 Å². The van der Waals surface area contributed by atoms with E-state index in [1.807, 2.05) is 0 Å². The number of nitrogens with one attached hydrogen (secondary N) is 1. The van der Waals surface area contributed by atoms with Gasteiger partial charge in [-0.15, -0.1) is 13.2 Å². The van der Waals surface area contributed by atoms with Gasteiger partial charge in [-0.1, -0.05) is 0 Å². The Kier molecular flexibility index (Phi) is 2.29. The van der Waals surface area contributed by atoms with Crippen molar-refractivity contribution >= 4 is 11.6 Å². The van der Waals surface area contributed by atoms with E-state index in [0.29, 0.717) is 11.3 Å². The molecule has 0 saturated heterocycles. The number of amides is 1. The Morgan fingerprint density at radius 1 is 1.38 bits per heavy atom. The molecule has 1 aromatic rings. The fourth-order valence-electron chi connectivity index (χ4n) is 1.59. The Bertz CT molecular complexity index is 442. The van der Waals surface area contributed by atoms with Crippen LogP contribution in [0.1, 0.15) is 18.4 Å². The largest absolute Gasteiger partial charge is 0.573 e. The first-order valence-corrected chi connectivity index (χ1v) is 4.57. The lowest BCUT2D eigenvalue weighted by Gasteiger charge is -2.10. The van der Waals surface area contributed by atoms with Gasteiger partial charge in [0.25, 0.3) is 0 Å². The van der Waals surface area contributed by atoms with Gasteiger partial charge in [0.15, 0.2) is 0 Å². The quantitative estimate of drug-likeness (QED) is 0.806. The number of hydrogen-bond acceptors (Lipinski definition) is 2. The second-order valence-electron chi connectivity index (χ2n) is 3.51. The molecule has 1 unspecified atom stereocenters. The van der Waals surface area contributed by atoms with Crippen LogP contribution in [0.2, 0.25) is 0 Å². The Hall–Kier alpha value is -1.72. The van der Waals surface area contributed by atoms with Gasteiger partial charge in [0.2, 0.25) is 5.91 Å². The zero-order valence-electron chi connectivity index (χ0n) is 8.26. The van der Waals surface area contributed by atoms with Crippen LogP contribution < -0.4 is 10.1 Å². The highest BCUT2D eigenvalue weighted by atomic mass is 19.4. The molecule has 1 N–H and O–H groups in total. The molecule has 0 aromatic heterocycles. The van der Waals surface area contributed by atoms with E-state index in [0.717, 1.165) is 0 Å². The summed E-state index contributed by atoms with van der Waals surface area (Å²) < 4.78 is 39.7. The molecule has 1 atom stereocenters. The van der Waals surface area contributed by atoms with Crippen LogP contribution in [-0.4, -0.2) is 12.3 Å². The zero-order chi connectivity index (χ0) is 11.9. The highest BCUT2D eigenvalue weighted by molar-refractivity contribution is 6.02. The number of carbonyl (C=O) groups excluding carboxylic acids is 1. The van der Waals surface area contributed by atoms with Gasteiger partial charge >= 0.3 is 6.36 Å². The topological polar surface area (TPSA) is 38.3 Å². The number of ether oxygens (including phenoxy) is 1. The third-order valence-corrected chi connectivity index (χ3v) is 2.37. The van der Waals surface area contributed by atoms with Gasteiger partial charge < -0.3 is 10.1 Å². The summed E-state index contributed by atoms with van der Waals surface area (Å²) in [5, 5.41) is 2.56. The van der Waals surface area contributed by atoms with Crippen LogP contribution in [0.25, 0.3) is 0 Å². The number of alkyl halides is 3. The van der Waals surface area contributed by atoms with Gasteiger partial charge in [-0.05, 0) is 30.7 Å². The molecular weight excluding hydrogens is 223 g/mol. The molecule has 0 radical (unpaired) electrons. The van der Waals surface area contributed by atoms with E-state index in [9.17, 15) is 18.0 Å². The normalized spacial score (nSPS) is 19.2. The maximum absolute atomic E-state index is 12.0. The predicted molar refractivity (Wildman–Crippen MR) is 50.2 cm³/mol. The second kappa shape index (κ2) is 3.40. The van der Waals surface area contributed by atoms with Crippen molar-refractivity contribution in [2.45, 2.75) is 19.2 Å². The first-order valence-electron chi connectivity index (χ1n) is 4.57. The fourth-order valence-corrected chi connectivity index (χ4v) is 1.59. The first kappa shape index (κ1) is 10.8. The van der Waals surface area contributed by atoms with Crippen molar-refractivity contribution in [2.75, 3.05) is 5.32 Å². The lowest BCUT2D eigenvalue weighted by Crippen LogP contribution is -2.17. The predicted octanol–water partition coefficient (Wildman–Crippen LogP) is 2.64. The Morgan fingerprint density at radius 3 is 2.69 bits per heavy atom. The Morgan fingerprint density at radius 2 is 2.06 bits per heavy atom. The Balaban J connectivity index is 2.31. The summed E-state index contributed by atoms with van der Waals surface area (Å²) in [6.07, 6.45) is -4.71. The second-order valence-corrected chi connectivity index (χ2v) is 3.51. The van der Waals surface area contributed by atoms with E-state index in [1.165, 1.54) is 18.2 Å². The van der Waals surface area contributed by atoms with Crippen LogP contribution >= 0.6 is 0 Å². The molecular formula is C10H8F3NO2. The molecule has 0 saturated carbocycles. The number of carbonyl (C=O) groups is 1. The molecule has 0 bridgehead atoms. The van der Waals surface area contributed by atoms with E-state index in [1.54, 1.807) is 6.92 Å². The van der Waals surface area contributed by atoms with Crippen LogP contribution in [-0.2, 0) is 4.79 Å². The van der Waals surface area contributed by atoms with E-state index >= 15 is 0 Å². The van der Waals surface area contributed by atoms with Crippen LogP contribution in [0, 0.1) is 0 Å². The number of halogens is 3. The summed E-state index contributed by atoms with van der Waals surface area (Å²) in [5.74, 6) is -0.986. The minimum absolute atomic E-state index is 0.223. The van der Waals surface area contributed by atoms with E-state index < -0.39 is 12.3 Å². The monoisotopic (exact) mass is 231 g/mol. The smallest absolute Gasteiger partial charge is 0.406 e. The van der Waals surface area contributed by atoms with Gasteiger partial charge in [-0.3, -0.25) is 4.79 Å². The number of fused-ring (bicyclic) bond motifs is 1. The number of hydrogen-bond donors (Lipinski definition) is 1. The van der Waals surface area contributed by atoms with Crippen LogP contribution in [0.5, 0.6) is 5.75 Å². The molecule has 0 aliphatic carbocycles. The summed E-state index contributed by atoms with van der Waals surface area (Å²) in [6.45, 7) is 1.62. The summed E-state index contributed by atoms with van der Waals surface area (Å²) in [5.41, 5.74) is 1.05. The molecule has 1 amide bonds.